The largest absolute Gasteiger partial charge is 0.481 e. The number of benzene rings is 1. The monoisotopic (exact) mass is 377 g/mol. The Labute approximate surface area is 156 Å². The number of hydrogen-bond donors (Lipinski definition) is 1. The van der Waals surface area contributed by atoms with E-state index in [1.54, 1.807) is 17.9 Å². The number of carboxylic acid groups (broad SMARTS) is 1. The molecular weight excluding hydrogens is 354 g/mol. The van der Waals surface area contributed by atoms with Crippen LogP contribution in [0.5, 0.6) is 0 Å². The number of para-hydroxylation sites is 1. The summed E-state index contributed by atoms with van der Waals surface area (Å²) in [5.41, 5.74) is -0.604. The lowest BCUT2D eigenvalue weighted by Gasteiger charge is -2.38. The highest BCUT2D eigenvalue weighted by molar-refractivity contribution is 6.02. The zero-order valence-electron chi connectivity index (χ0n) is 15.2. The molecule has 0 aromatic heterocycles. The number of carboxylic acids is 1. The molecule has 0 aliphatic carbocycles. The maximum absolute atomic E-state index is 13.2. The Hall–Kier alpha value is -2.68. The summed E-state index contributed by atoms with van der Waals surface area (Å²) >= 11 is 0. The summed E-state index contributed by atoms with van der Waals surface area (Å²) in [6.45, 7) is 3.93. The number of aliphatic carboxylic acids is 1. The van der Waals surface area contributed by atoms with E-state index in [0.717, 1.165) is 0 Å². The Morgan fingerprint density at radius 1 is 1.26 bits per heavy atom. The Bertz CT molecular complexity index is 761. The normalized spacial score (nSPS) is 23.1. The predicted octanol–water partition coefficient (Wildman–Crippen LogP) is 1.76. The van der Waals surface area contributed by atoms with E-state index in [-0.39, 0.29) is 23.7 Å². The van der Waals surface area contributed by atoms with Crippen LogP contribution in [0, 0.1) is 15.5 Å². The van der Waals surface area contributed by atoms with Crippen LogP contribution in [0.3, 0.4) is 0 Å². The minimum Gasteiger partial charge on any atom is -0.481 e. The minimum atomic E-state index is -1.01. The van der Waals surface area contributed by atoms with E-state index >= 15 is 0 Å². The van der Waals surface area contributed by atoms with Crippen LogP contribution in [0.25, 0.3) is 0 Å². The molecule has 1 atom stereocenters. The van der Waals surface area contributed by atoms with Crippen molar-refractivity contribution >= 4 is 23.3 Å². The molecule has 2 aliphatic heterocycles. The van der Waals surface area contributed by atoms with Gasteiger partial charge in [0.2, 0.25) is 0 Å². The number of hydrogen-bond acceptors (Lipinski definition) is 6. The van der Waals surface area contributed by atoms with Gasteiger partial charge in [-0.3, -0.25) is 19.7 Å². The molecule has 1 aromatic carbocycles. The molecule has 9 heteroatoms. The molecule has 2 fully saturated rings. The van der Waals surface area contributed by atoms with Gasteiger partial charge in [0.1, 0.15) is 5.69 Å². The van der Waals surface area contributed by atoms with Crippen LogP contribution < -0.4 is 4.90 Å². The third-order valence-electron chi connectivity index (χ3n) is 5.27. The topological polar surface area (TPSA) is 113 Å². The highest BCUT2D eigenvalue weighted by Gasteiger charge is 2.40. The van der Waals surface area contributed by atoms with Crippen molar-refractivity contribution < 1.29 is 24.4 Å². The van der Waals surface area contributed by atoms with E-state index in [1.807, 2.05) is 0 Å². The summed E-state index contributed by atoms with van der Waals surface area (Å²) in [6, 6.07) is 4.46. The number of nitro groups is 1. The van der Waals surface area contributed by atoms with Crippen molar-refractivity contribution in [3.05, 3.63) is 33.9 Å². The molecule has 1 unspecified atom stereocenters. The standard InChI is InChI=1S/C18H23N3O6/c1-18(17(23)24)6-3-7-20(12-18)16(22)13-4-2-5-14(21(25)26)15(13)19-8-10-27-11-9-19/h2,4-5H,3,6-12H2,1H3,(H,23,24). The van der Waals surface area contributed by atoms with E-state index in [9.17, 15) is 24.8 Å². The summed E-state index contributed by atoms with van der Waals surface area (Å²) in [5, 5.41) is 21.0. The van der Waals surface area contributed by atoms with Gasteiger partial charge in [0, 0.05) is 32.2 Å². The fraction of sp³-hybridized carbons (Fsp3) is 0.556. The number of likely N-dealkylation sites (tertiary alicyclic amines) is 1. The van der Waals surface area contributed by atoms with E-state index in [4.69, 9.17) is 4.74 Å². The Morgan fingerprint density at radius 3 is 2.59 bits per heavy atom. The predicted molar refractivity (Wildman–Crippen MR) is 97.0 cm³/mol. The highest BCUT2D eigenvalue weighted by Crippen LogP contribution is 2.36. The average Bonchev–Trinajstić information content (AvgIpc) is 2.67. The van der Waals surface area contributed by atoms with Gasteiger partial charge >= 0.3 is 5.97 Å². The molecule has 2 saturated heterocycles. The van der Waals surface area contributed by atoms with E-state index < -0.39 is 16.3 Å². The second-order valence-electron chi connectivity index (χ2n) is 7.23. The van der Waals surface area contributed by atoms with Crippen molar-refractivity contribution in [1.29, 1.82) is 0 Å². The summed E-state index contributed by atoms with van der Waals surface area (Å²) in [5.74, 6) is -1.31. The number of nitro benzene ring substituents is 1. The number of carbonyl (C=O) groups excluding carboxylic acids is 1. The average molecular weight is 377 g/mol. The summed E-state index contributed by atoms with van der Waals surface area (Å²) in [7, 11) is 0. The quantitative estimate of drug-likeness (QED) is 0.628. The van der Waals surface area contributed by atoms with Gasteiger partial charge in [-0.15, -0.1) is 0 Å². The van der Waals surface area contributed by atoms with Crippen LogP contribution in [-0.4, -0.2) is 66.2 Å². The lowest BCUT2D eigenvalue weighted by Crippen LogP contribution is -2.48. The second kappa shape index (κ2) is 7.51. The van der Waals surface area contributed by atoms with Crippen LogP contribution in [0.1, 0.15) is 30.1 Å². The molecule has 0 spiro atoms. The lowest BCUT2D eigenvalue weighted by molar-refractivity contribution is -0.384. The van der Waals surface area contributed by atoms with Gasteiger partial charge in [-0.1, -0.05) is 6.07 Å². The molecular formula is C18H23N3O6. The zero-order valence-corrected chi connectivity index (χ0v) is 15.2. The van der Waals surface area contributed by atoms with Gasteiger partial charge in [-0.25, -0.2) is 0 Å². The van der Waals surface area contributed by atoms with E-state index in [1.165, 1.54) is 17.0 Å². The summed E-state index contributed by atoms with van der Waals surface area (Å²) in [6.07, 6.45) is 1.08. The highest BCUT2D eigenvalue weighted by atomic mass is 16.6. The molecule has 0 saturated carbocycles. The lowest BCUT2D eigenvalue weighted by atomic mass is 9.82. The first-order chi connectivity index (χ1) is 12.8. The molecule has 146 valence electrons. The fourth-order valence-electron chi connectivity index (χ4n) is 3.73. The smallest absolute Gasteiger partial charge is 0.311 e. The first-order valence-corrected chi connectivity index (χ1v) is 8.96. The molecule has 0 radical (unpaired) electrons. The van der Waals surface area contributed by atoms with Crippen LogP contribution in [0.2, 0.25) is 0 Å². The van der Waals surface area contributed by atoms with Crippen molar-refractivity contribution in [2.24, 2.45) is 5.41 Å². The van der Waals surface area contributed by atoms with Crippen LogP contribution in [-0.2, 0) is 9.53 Å². The first kappa shape index (κ1) is 19.1. The van der Waals surface area contributed by atoms with Gasteiger partial charge in [0.05, 0.1) is 29.1 Å². The first-order valence-electron chi connectivity index (χ1n) is 8.96. The minimum absolute atomic E-state index is 0.0897. The Balaban J connectivity index is 1.98. The fourth-order valence-corrected chi connectivity index (χ4v) is 3.73. The number of carbonyl (C=O) groups is 2. The number of nitrogens with zero attached hydrogens (tertiary/aromatic N) is 3. The summed E-state index contributed by atoms with van der Waals surface area (Å²) in [4.78, 5) is 39.2. The third-order valence-corrected chi connectivity index (χ3v) is 5.27. The van der Waals surface area contributed by atoms with Crippen LogP contribution >= 0.6 is 0 Å². The number of anilines is 1. The zero-order chi connectivity index (χ0) is 19.6. The van der Waals surface area contributed by atoms with Crippen molar-refractivity contribution in [2.45, 2.75) is 19.8 Å². The summed E-state index contributed by atoms with van der Waals surface area (Å²) < 4.78 is 5.32. The molecule has 2 heterocycles. The van der Waals surface area contributed by atoms with Crippen molar-refractivity contribution in [1.82, 2.24) is 4.90 Å². The van der Waals surface area contributed by atoms with Crippen molar-refractivity contribution in [3.8, 4) is 0 Å². The maximum Gasteiger partial charge on any atom is 0.311 e. The van der Waals surface area contributed by atoms with Crippen LogP contribution in [0.15, 0.2) is 18.2 Å². The van der Waals surface area contributed by atoms with E-state index in [2.05, 4.69) is 0 Å². The number of rotatable bonds is 4. The third kappa shape index (κ3) is 3.73. The molecule has 1 aromatic rings. The van der Waals surface area contributed by atoms with Gasteiger partial charge in [0.15, 0.2) is 0 Å². The SMILES string of the molecule is CC1(C(=O)O)CCCN(C(=O)c2cccc([N+](=O)[O-])c2N2CCOCC2)C1. The van der Waals surface area contributed by atoms with E-state index in [0.29, 0.717) is 51.4 Å². The molecule has 1 amide bonds. The van der Waals surface area contributed by atoms with Crippen molar-refractivity contribution in [3.63, 3.8) is 0 Å². The Morgan fingerprint density at radius 2 is 1.96 bits per heavy atom. The molecule has 0 bridgehead atoms. The molecule has 27 heavy (non-hydrogen) atoms. The van der Waals surface area contributed by atoms with Crippen molar-refractivity contribution in [2.75, 3.05) is 44.3 Å². The number of amides is 1. The molecule has 9 nitrogen and oxygen atoms in total. The van der Waals surface area contributed by atoms with Gasteiger partial charge in [-0.05, 0) is 25.8 Å². The maximum atomic E-state index is 13.2. The number of ether oxygens (including phenoxy) is 1. The number of piperidine rings is 1. The molecule has 3 rings (SSSR count). The second-order valence-corrected chi connectivity index (χ2v) is 7.23. The Kier molecular flexibility index (Phi) is 5.31. The molecule has 1 N–H and O–H groups in total. The van der Waals surface area contributed by atoms with Crippen LogP contribution in [0.4, 0.5) is 11.4 Å². The number of morpholine rings is 1. The van der Waals surface area contributed by atoms with Gasteiger partial charge in [0.25, 0.3) is 11.6 Å². The van der Waals surface area contributed by atoms with Gasteiger partial charge in [-0.2, -0.15) is 0 Å². The van der Waals surface area contributed by atoms with Gasteiger partial charge < -0.3 is 19.6 Å². The molecule has 2 aliphatic rings.